The Balaban J connectivity index is 1.45. The van der Waals surface area contributed by atoms with E-state index in [0.29, 0.717) is 33.9 Å². The van der Waals surface area contributed by atoms with Gasteiger partial charge in [-0.25, -0.2) is 21.8 Å². The molecule has 0 aliphatic carbocycles. The summed E-state index contributed by atoms with van der Waals surface area (Å²) in [7, 11) is -7.78. The summed E-state index contributed by atoms with van der Waals surface area (Å²) in [6, 6.07) is 30.5. The topological polar surface area (TPSA) is 105 Å². The van der Waals surface area contributed by atoms with Gasteiger partial charge in [-0.05, 0) is 131 Å². The Bertz CT molecular complexity index is 2400. The van der Waals surface area contributed by atoms with Crippen LogP contribution in [0.1, 0.15) is 126 Å². The van der Waals surface area contributed by atoms with E-state index < -0.39 is 20.0 Å². The molecule has 7 nitrogen and oxygen atoms in total. The lowest BCUT2D eigenvalue weighted by Gasteiger charge is -2.20. The number of benzene rings is 4. The maximum absolute atomic E-state index is 13.5. The molecule has 0 saturated heterocycles. The van der Waals surface area contributed by atoms with E-state index in [-0.39, 0.29) is 20.6 Å². The molecule has 0 unspecified atom stereocenters. The van der Waals surface area contributed by atoms with E-state index in [9.17, 15) is 16.8 Å². The normalized spacial score (nSPS) is 11.9. The van der Waals surface area contributed by atoms with Gasteiger partial charge in [0.2, 0.25) is 0 Å². The molecule has 0 aliphatic rings. The molecular weight excluding hydrogens is 759 g/mol. The summed E-state index contributed by atoms with van der Waals surface area (Å²) in [5.41, 5.74) is 6.44. The van der Waals surface area contributed by atoms with Crippen molar-refractivity contribution in [1.29, 1.82) is 0 Å². The van der Waals surface area contributed by atoms with Crippen LogP contribution in [0.3, 0.4) is 0 Å². The zero-order chi connectivity index (χ0) is 42.1. The monoisotopic (exact) mass is 813 g/mol. The summed E-state index contributed by atoms with van der Waals surface area (Å²) in [6.45, 7) is 16.8. The molecule has 0 aliphatic heterocycles. The lowest BCUT2D eigenvalue weighted by Crippen LogP contribution is -2.15. The van der Waals surface area contributed by atoms with E-state index in [2.05, 4.69) is 93.5 Å². The van der Waals surface area contributed by atoms with Crippen molar-refractivity contribution in [1.82, 2.24) is 4.98 Å². The molecule has 0 fully saturated rings. The van der Waals surface area contributed by atoms with Gasteiger partial charge in [0.15, 0.2) is 0 Å². The van der Waals surface area contributed by atoms with Crippen molar-refractivity contribution in [2.75, 3.05) is 9.44 Å². The third-order valence-corrected chi connectivity index (χ3v) is 12.5. The van der Waals surface area contributed by atoms with E-state index in [4.69, 9.17) is 0 Å². The van der Waals surface area contributed by atoms with Crippen molar-refractivity contribution in [3.05, 3.63) is 148 Å². The van der Waals surface area contributed by atoms with Crippen molar-refractivity contribution in [3.8, 4) is 23.7 Å². The fraction of sp³-hybridized carbons (Fsp3) is 0.327. The quantitative estimate of drug-likeness (QED) is 0.122. The second kappa shape index (κ2) is 18.5. The van der Waals surface area contributed by atoms with Gasteiger partial charge in [0.25, 0.3) is 20.0 Å². The SMILES string of the molecule is CCCCc1ccc(S(=O)(=O)Nc2ccc(C(C)(C)C)cc2C#Cc2cccc(C#Cc3cc(C(C)(C)C)ccc3NS(=O)(=O)c3ccc(CCCC)cc3)n2)cc1. The predicted octanol–water partition coefficient (Wildman–Crippen LogP) is 10.8. The average molecular weight is 814 g/mol. The van der Waals surface area contributed by atoms with E-state index in [0.717, 1.165) is 60.8 Å². The van der Waals surface area contributed by atoms with Gasteiger partial charge in [0.1, 0.15) is 11.4 Å². The number of hydrogen-bond donors (Lipinski definition) is 2. The Morgan fingerprint density at radius 1 is 0.517 bits per heavy atom. The molecule has 5 rings (SSSR count). The molecule has 9 heteroatoms. The van der Waals surface area contributed by atoms with Crippen molar-refractivity contribution >= 4 is 31.4 Å². The number of hydrogen-bond acceptors (Lipinski definition) is 5. The Morgan fingerprint density at radius 2 is 0.897 bits per heavy atom. The zero-order valence-electron chi connectivity index (χ0n) is 35.0. The van der Waals surface area contributed by atoms with Gasteiger partial charge >= 0.3 is 0 Å². The fourth-order valence-corrected chi connectivity index (χ4v) is 8.24. The molecule has 4 aromatic carbocycles. The van der Waals surface area contributed by atoms with Crippen LogP contribution in [0.5, 0.6) is 0 Å². The number of pyridine rings is 1. The van der Waals surface area contributed by atoms with Gasteiger partial charge in [-0.15, -0.1) is 0 Å². The van der Waals surface area contributed by atoms with E-state index in [1.165, 1.54) is 0 Å². The van der Waals surface area contributed by atoms with Crippen molar-refractivity contribution in [3.63, 3.8) is 0 Å². The summed E-state index contributed by atoms with van der Waals surface area (Å²) in [5, 5.41) is 0. The first-order valence-electron chi connectivity index (χ1n) is 19.9. The number of unbranched alkanes of at least 4 members (excludes halogenated alkanes) is 2. The number of nitrogens with one attached hydrogen (secondary N) is 2. The highest BCUT2D eigenvalue weighted by molar-refractivity contribution is 7.93. The first-order chi connectivity index (χ1) is 27.4. The summed E-state index contributed by atoms with van der Waals surface area (Å²) in [4.78, 5) is 5.04. The average Bonchev–Trinajstić information content (AvgIpc) is 3.18. The Kier molecular flexibility index (Phi) is 14.0. The molecule has 1 aromatic heterocycles. The highest BCUT2D eigenvalue weighted by Gasteiger charge is 2.21. The van der Waals surface area contributed by atoms with Gasteiger partial charge in [-0.2, -0.15) is 0 Å². The van der Waals surface area contributed by atoms with E-state index >= 15 is 0 Å². The number of rotatable bonds is 12. The Morgan fingerprint density at radius 3 is 1.24 bits per heavy atom. The highest BCUT2D eigenvalue weighted by atomic mass is 32.2. The summed E-state index contributed by atoms with van der Waals surface area (Å²) in [5.74, 6) is 12.6. The molecule has 0 saturated carbocycles. The number of aromatic nitrogens is 1. The lowest BCUT2D eigenvalue weighted by atomic mass is 9.86. The van der Waals surface area contributed by atoms with E-state index in [1.54, 1.807) is 54.6 Å². The van der Waals surface area contributed by atoms with Crippen LogP contribution in [0.25, 0.3) is 0 Å². The van der Waals surface area contributed by atoms with E-state index in [1.807, 2.05) is 48.5 Å². The largest absolute Gasteiger partial charge is 0.278 e. The number of sulfonamides is 2. The van der Waals surface area contributed by atoms with Crippen LogP contribution in [0.2, 0.25) is 0 Å². The Labute approximate surface area is 347 Å². The smallest absolute Gasteiger partial charge is 0.261 e. The van der Waals surface area contributed by atoms with Gasteiger partial charge < -0.3 is 0 Å². The van der Waals surface area contributed by atoms with Crippen LogP contribution in [0.15, 0.2) is 113 Å². The minimum Gasteiger partial charge on any atom is -0.278 e. The second-order valence-corrected chi connectivity index (χ2v) is 20.0. The van der Waals surface area contributed by atoms with Gasteiger partial charge in [0, 0.05) is 11.1 Å². The van der Waals surface area contributed by atoms with Crippen LogP contribution in [-0.4, -0.2) is 21.8 Å². The van der Waals surface area contributed by atoms with Gasteiger partial charge in [-0.1, -0.05) is 123 Å². The number of anilines is 2. The summed E-state index contributed by atoms with van der Waals surface area (Å²) >= 11 is 0. The van der Waals surface area contributed by atoms with Gasteiger partial charge in [-0.3, -0.25) is 9.44 Å². The molecule has 302 valence electrons. The third-order valence-electron chi connectivity index (χ3n) is 9.76. The molecule has 0 atom stereocenters. The Hall–Kier alpha value is -5.35. The van der Waals surface area contributed by atoms with Crippen LogP contribution in [-0.2, 0) is 43.7 Å². The van der Waals surface area contributed by atoms with Crippen molar-refractivity contribution < 1.29 is 16.8 Å². The van der Waals surface area contributed by atoms with Crippen molar-refractivity contribution in [2.24, 2.45) is 0 Å². The van der Waals surface area contributed by atoms with Crippen molar-refractivity contribution in [2.45, 2.75) is 115 Å². The van der Waals surface area contributed by atoms with Gasteiger partial charge in [0.05, 0.1) is 21.2 Å². The fourth-order valence-electron chi connectivity index (χ4n) is 6.08. The van der Waals surface area contributed by atoms with Crippen LogP contribution < -0.4 is 9.44 Å². The van der Waals surface area contributed by atoms with Crippen LogP contribution in [0, 0.1) is 23.7 Å². The molecule has 0 radical (unpaired) electrons. The first kappa shape index (κ1) is 43.8. The standard InChI is InChI=1S/C49H55N3O4S2/c1-9-11-14-36-18-28-44(29-19-36)57(53,54)51-46-32-24-40(48(3,4)5)34-38(46)22-26-42-16-13-17-43(50-42)27-23-39-35-41(49(6,7)8)25-33-47(39)52-58(55,56)45-30-20-37(21-31-45)15-12-10-2/h13,16-21,24-25,28-35,51-52H,9-12,14-15H2,1-8H3. The lowest BCUT2D eigenvalue weighted by molar-refractivity contribution is 0.590. The number of aryl methyl sites for hydroxylation is 2. The van der Waals surface area contributed by atoms with Crippen LogP contribution in [0.4, 0.5) is 11.4 Å². The molecule has 5 aromatic rings. The first-order valence-corrected chi connectivity index (χ1v) is 22.9. The summed E-state index contributed by atoms with van der Waals surface area (Å²) < 4.78 is 59.7. The van der Waals surface area contributed by atoms with Crippen LogP contribution >= 0.6 is 0 Å². The molecule has 1 heterocycles. The zero-order valence-corrected chi connectivity index (χ0v) is 36.6. The summed E-state index contributed by atoms with van der Waals surface area (Å²) in [6.07, 6.45) is 6.03. The molecule has 0 bridgehead atoms. The minimum atomic E-state index is -3.89. The molecule has 0 amide bonds. The molecule has 2 N–H and O–H groups in total. The minimum absolute atomic E-state index is 0.181. The predicted molar refractivity (Wildman–Crippen MR) is 238 cm³/mol. The second-order valence-electron chi connectivity index (χ2n) is 16.6. The maximum atomic E-state index is 13.5. The third kappa shape index (κ3) is 11.8. The molecule has 58 heavy (non-hydrogen) atoms. The highest BCUT2D eigenvalue weighted by Crippen LogP contribution is 2.30. The molecule has 0 spiro atoms. The number of nitrogens with zero attached hydrogens (tertiary/aromatic N) is 1. The maximum Gasteiger partial charge on any atom is 0.261 e. The molecular formula is C49H55N3O4S2.